The standard InChI is InChI=1S/C12H20N4O3/c1-2-16-3-4-18-10(7-16)11-14-12(19-15-11)9-5-8(17)6-13-9/h8-10,13,17H,2-7H2,1H3/t8-,9-,10?/m1/s1. The van der Waals surface area contributed by atoms with Crippen LogP contribution >= 0.6 is 0 Å². The van der Waals surface area contributed by atoms with Gasteiger partial charge in [0.15, 0.2) is 0 Å². The number of nitrogens with zero attached hydrogens (tertiary/aromatic N) is 3. The van der Waals surface area contributed by atoms with E-state index >= 15 is 0 Å². The van der Waals surface area contributed by atoms with Gasteiger partial charge in [-0.25, -0.2) is 0 Å². The Balaban J connectivity index is 1.67. The van der Waals surface area contributed by atoms with Gasteiger partial charge in [-0.3, -0.25) is 4.90 Å². The van der Waals surface area contributed by atoms with E-state index in [1.165, 1.54) is 0 Å². The molecule has 1 aromatic heterocycles. The average molecular weight is 268 g/mol. The van der Waals surface area contributed by atoms with Crippen molar-refractivity contribution in [3.05, 3.63) is 11.7 Å². The van der Waals surface area contributed by atoms with Crippen LogP contribution in [0.2, 0.25) is 0 Å². The van der Waals surface area contributed by atoms with E-state index in [9.17, 15) is 5.11 Å². The van der Waals surface area contributed by atoms with E-state index in [1.807, 2.05) is 0 Å². The van der Waals surface area contributed by atoms with Crippen molar-refractivity contribution in [2.45, 2.75) is 31.6 Å². The summed E-state index contributed by atoms with van der Waals surface area (Å²) in [6.45, 7) is 6.16. The number of aliphatic hydroxyl groups is 1. The van der Waals surface area contributed by atoms with Crippen LogP contribution in [0.3, 0.4) is 0 Å². The molecular weight excluding hydrogens is 248 g/mol. The molecule has 3 heterocycles. The summed E-state index contributed by atoms with van der Waals surface area (Å²) in [6, 6.07) is -0.0397. The van der Waals surface area contributed by atoms with Gasteiger partial charge < -0.3 is 19.7 Å². The molecule has 0 bridgehead atoms. The van der Waals surface area contributed by atoms with Gasteiger partial charge in [0.25, 0.3) is 0 Å². The van der Waals surface area contributed by atoms with Crippen LogP contribution in [0, 0.1) is 0 Å². The maximum atomic E-state index is 9.50. The molecule has 0 aliphatic carbocycles. The third-order valence-corrected chi connectivity index (χ3v) is 3.75. The summed E-state index contributed by atoms with van der Waals surface area (Å²) in [5.74, 6) is 1.15. The number of likely N-dealkylation sites (N-methyl/N-ethyl adjacent to an activating group) is 1. The number of β-amino-alcohol motifs (C(OH)–C–C–N with tert-alkyl or cyclic N) is 1. The Morgan fingerprint density at radius 3 is 3.16 bits per heavy atom. The molecule has 1 unspecified atom stereocenters. The lowest BCUT2D eigenvalue weighted by Crippen LogP contribution is -2.38. The minimum absolute atomic E-state index is 0.0397. The molecule has 7 nitrogen and oxygen atoms in total. The van der Waals surface area contributed by atoms with Gasteiger partial charge in [0.1, 0.15) is 6.10 Å². The predicted octanol–water partition coefficient (Wildman–Crippen LogP) is -0.142. The van der Waals surface area contributed by atoms with Crippen LogP contribution in [-0.4, -0.2) is 59.0 Å². The Morgan fingerprint density at radius 2 is 2.42 bits per heavy atom. The summed E-state index contributed by atoms with van der Waals surface area (Å²) in [5.41, 5.74) is 0. The van der Waals surface area contributed by atoms with E-state index < -0.39 is 0 Å². The van der Waals surface area contributed by atoms with Crippen LogP contribution in [0.5, 0.6) is 0 Å². The quantitative estimate of drug-likeness (QED) is 0.789. The van der Waals surface area contributed by atoms with Crippen molar-refractivity contribution in [3.8, 4) is 0 Å². The third-order valence-electron chi connectivity index (χ3n) is 3.75. The van der Waals surface area contributed by atoms with Gasteiger partial charge in [-0.1, -0.05) is 12.1 Å². The van der Waals surface area contributed by atoms with Gasteiger partial charge in [0.2, 0.25) is 11.7 Å². The summed E-state index contributed by atoms with van der Waals surface area (Å²) >= 11 is 0. The Bertz CT molecular complexity index is 425. The molecule has 0 radical (unpaired) electrons. The summed E-state index contributed by atoms with van der Waals surface area (Å²) in [5, 5.41) is 16.7. The highest BCUT2D eigenvalue weighted by molar-refractivity contribution is 5.00. The van der Waals surface area contributed by atoms with Crippen LogP contribution in [0.1, 0.15) is 37.2 Å². The summed E-state index contributed by atoms with van der Waals surface area (Å²) in [4.78, 5) is 6.72. The van der Waals surface area contributed by atoms with Crippen LogP contribution in [0.25, 0.3) is 0 Å². The van der Waals surface area contributed by atoms with Crippen molar-refractivity contribution < 1.29 is 14.4 Å². The Morgan fingerprint density at radius 1 is 1.53 bits per heavy atom. The zero-order chi connectivity index (χ0) is 13.2. The van der Waals surface area contributed by atoms with E-state index in [4.69, 9.17) is 9.26 Å². The first-order valence-corrected chi connectivity index (χ1v) is 6.85. The van der Waals surface area contributed by atoms with Crippen molar-refractivity contribution >= 4 is 0 Å². The SMILES string of the molecule is CCN1CCOC(c2noc([C@H]3C[C@@H](O)CN3)n2)C1. The minimum Gasteiger partial charge on any atom is -0.392 e. The molecule has 3 rings (SSSR count). The highest BCUT2D eigenvalue weighted by Gasteiger charge is 2.31. The van der Waals surface area contributed by atoms with E-state index in [0.717, 1.165) is 19.6 Å². The fourth-order valence-electron chi connectivity index (χ4n) is 2.57. The molecule has 0 spiro atoms. The number of ether oxygens (including phenoxy) is 1. The monoisotopic (exact) mass is 268 g/mol. The lowest BCUT2D eigenvalue weighted by Gasteiger charge is -2.30. The van der Waals surface area contributed by atoms with Gasteiger partial charge in [0.05, 0.1) is 18.8 Å². The van der Waals surface area contributed by atoms with Crippen molar-refractivity contribution in [2.75, 3.05) is 32.8 Å². The molecule has 7 heteroatoms. The molecule has 2 aliphatic heterocycles. The first kappa shape index (κ1) is 13.0. The third kappa shape index (κ3) is 2.79. The molecule has 19 heavy (non-hydrogen) atoms. The Labute approximate surface area is 111 Å². The van der Waals surface area contributed by atoms with Crippen molar-refractivity contribution in [3.63, 3.8) is 0 Å². The van der Waals surface area contributed by atoms with Gasteiger partial charge in [0, 0.05) is 19.6 Å². The van der Waals surface area contributed by atoms with E-state index in [2.05, 4.69) is 27.3 Å². The lowest BCUT2D eigenvalue weighted by molar-refractivity contribution is -0.0334. The van der Waals surface area contributed by atoms with E-state index in [-0.39, 0.29) is 18.2 Å². The molecule has 106 valence electrons. The molecular formula is C12H20N4O3. The predicted molar refractivity (Wildman–Crippen MR) is 66.5 cm³/mol. The first-order chi connectivity index (χ1) is 9.26. The topological polar surface area (TPSA) is 83.7 Å². The summed E-state index contributed by atoms with van der Waals surface area (Å²) < 4.78 is 11.0. The highest BCUT2D eigenvalue weighted by atomic mass is 16.5. The van der Waals surface area contributed by atoms with Crippen LogP contribution < -0.4 is 5.32 Å². The zero-order valence-electron chi connectivity index (χ0n) is 11.1. The maximum absolute atomic E-state index is 9.50. The number of aromatic nitrogens is 2. The van der Waals surface area contributed by atoms with E-state index in [0.29, 0.717) is 31.3 Å². The summed E-state index contributed by atoms with van der Waals surface area (Å²) in [6.07, 6.45) is 0.174. The molecule has 1 aromatic rings. The van der Waals surface area contributed by atoms with E-state index in [1.54, 1.807) is 0 Å². The molecule has 2 saturated heterocycles. The molecule has 2 aliphatic rings. The van der Waals surface area contributed by atoms with Crippen molar-refractivity contribution in [2.24, 2.45) is 0 Å². The second-order valence-electron chi connectivity index (χ2n) is 5.09. The molecule has 2 fully saturated rings. The average Bonchev–Trinajstić information content (AvgIpc) is 3.07. The fourth-order valence-corrected chi connectivity index (χ4v) is 2.57. The smallest absolute Gasteiger partial charge is 0.243 e. The zero-order valence-corrected chi connectivity index (χ0v) is 11.1. The number of hydrogen-bond donors (Lipinski definition) is 2. The molecule has 3 atom stereocenters. The minimum atomic E-state index is -0.332. The first-order valence-electron chi connectivity index (χ1n) is 6.85. The fraction of sp³-hybridized carbons (Fsp3) is 0.833. The second-order valence-corrected chi connectivity index (χ2v) is 5.09. The molecule has 0 amide bonds. The largest absolute Gasteiger partial charge is 0.392 e. The molecule has 2 N–H and O–H groups in total. The van der Waals surface area contributed by atoms with Crippen LogP contribution in [0.15, 0.2) is 4.52 Å². The second kappa shape index (κ2) is 5.54. The number of hydrogen-bond acceptors (Lipinski definition) is 7. The van der Waals surface area contributed by atoms with Gasteiger partial charge in [-0.15, -0.1) is 0 Å². The molecule has 0 aromatic carbocycles. The van der Waals surface area contributed by atoms with Gasteiger partial charge in [-0.2, -0.15) is 4.98 Å². The summed E-state index contributed by atoms with van der Waals surface area (Å²) in [7, 11) is 0. The Kier molecular flexibility index (Phi) is 3.79. The van der Waals surface area contributed by atoms with Crippen LogP contribution in [-0.2, 0) is 4.74 Å². The Hall–Kier alpha value is -1.02. The van der Waals surface area contributed by atoms with Gasteiger partial charge >= 0.3 is 0 Å². The lowest BCUT2D eigenvalue weighted by atomic mass is 10.2. The normalized spacial score (nSPS) is 32.8. The highest BCUT2D eigenvalue weighted by Crippen LogP contribution is 2.25. The number of aliphatic hydroxyl groups excluding tert-OH is 1. The molecule has 0 saturated carbocycles. The maximum Gasteiger partial charge on any atom is 0.243 e. The van der Waals surface area contributed by atoms with Crippen LogP contribution in [0.4, 0.5) is 0 Å². The number of rotatable bonds is 3. The number of morpholine rings is 1. The van der Waals surface area contributed by atoms with Gasteiger partial charge in [-0.05, 0) is 13.0 Å². The van der Waals surface area contributed by atoms with Crippen molar-refractivity contribution in [1.82, 2.24) is 20.4 Å². The number of nitrogens with one attached hydrogen (secondary N) is 1. The van der Waals surface area contributed by atoms with Crippen molar-refractivity contribution in [1.29, 1.82) is 0 Å².